The Labute approximate surface area is 184 Å². The molecule has 2 saturated heterocycles. The number of rotatable bonds is 6. The van der Waals surface area contributed by atoms with Crippen LogP contribution in [0.15, 0.2) is 48.5 Å². The molecule has 0 radical (unpaired) electrons. The molecule has 32 heavy (non-hydrogen) atoms. The van der Waals surface area contributed by atoms with E-state index in [1.54, 1.807) is 24.3 Å². The van der Waals surface area contributed by atoms with Gasteiger partial charge in [-0.3, -0.25) is 4.90 Å². The maximum atomic E-state index is 13.3. The van der Waals surface area contributed by atoms with Crippen molar-refractivity contribution in [2.75, 3.05) is 33.3 Å². The molecular formula is C23H26F2N2O5. The van der Waals surface area contributed by atoms with Crippen LogP contribution in [0.25, 0.3) is 0 Å². The topological polar surface area (TPSA) is 90.3 Å². The van der Waals surface area contributed by atoms with Crippen LogP contribution in [0.4, 0.5) is 8.78 Å². The van der Waals surface area contributed by atoms with Gasteiger partial charge in [0.25, 0.3) is 0 Å². The number of benzene rings is 2. The Balaban J connectivity index is 0.000000427. The van der Waals surface area contributed by atoms with Crippen LogP contribution in [0.5, 0.6) is 0 Å². The summed E-state index contributed by atoms with van der Waals surface area (Å²) in [5.41, 5.74) is 1.75. The second-order valence-corrected chi connectivity index (χ2v) is 7.94. The molecule has 2 aromatic rings. The van der Waals surface area contributed by atoms with E-state index in [1.807, 2.05) is 0 Å². The quantitative estimate of drug-likeness (QED) is 0.657. The first-order valence-corrected chi connectivity index (χ1v) is 10.3. The van der Waals surface area contributed by atoms with Crippen molar-refractivity contribution in [3.05, 3.63) is 71.3 Å². The van der Waals surface area contributed by atoms with Crippen molar-refractivity contribution in [1.82, 2.24) is 9.80 Å². The van der Waals surface area contributed by atoms with Crippen LogP contribution >= 0.6 is 0 Å². The van der Waals surface area contributed by atoms with E-state index >= 15 is 0 Å². The summed E-state index contributed by atoms with van der Waals surface area (Å²) in [6.45, 7) is 3.70. The number of ether oxygens (including phenoxy) is 1. The molecule has 2 N–H and O–H groups in total. The minimum absolute atomic E-state index is 0.274. The van der Waals surface area contributed by atoms with Gasteiger partial charge in [0, 0.05) is 31.7 Å². The molecule has 2 atom stereocenters. The van der Waals surface area contributed by atoms with E-state index in [9.17, 15) is 8.78 Å². The highest BCUT2D eigenvalue weighted by molar-refractivity contribution is 6.27. The molecule has 2 aliphatic heterocycles. The number of carbonyl (C=O) groups is 2. The summed E-state index contributed by atoms with van der Waals surface area (Å²) >= 11 is 0. The number of piperazine rings is 1. The summed E-state index contributed by atoms with van der Waals surface area (Å²) in [5.74, 6) is -4.20. The Morgan fingerprint density at radius 3 is 1.81 bits per heavy atom. The van der Waals surface area contributed by atoms with Crippen LogP contribution in [0.2, 0.25) is 0 Å². The fourth-order valence-corrected chi connectivity index (χ4v) is 4.17. The van der Waals surface area contributed by atoms with Crippen molar-refractivity contribution in [1.29, 1.82) is 0 Å². The van der Waals surface area contributed by atoms with E-state index in [0.29, 0.717) is 18.7 Å². The molecule has 2 aliphatic rings. The third-order valence-corrected chi connectivity index (χ3v) is 5.82. The Hall–Kier alpha value is -2.88. The highest BCUT2D eigenvalue weighted by atomic mass is 19.1. The predicted octanol–water partition coefficient (Wildman–Crippen LogP) is 2.61. The monoisotopic (exact) mass is 448 g/mol. The van der Waals surface area contributed by atoms with E-state index in [-0.39, 0.29) is 17.7 Å². The van der Waals surface area contributed by atoms with Gasteiger partial charge < -0.3 is 19.8 Å². The molecule has 2 fully saturated rings. The number of carboxylic acids is 2. The van der Waals surface area contributed by atoms with E-state index in [0.717, 1.165) is 30.8 Å². The van der Waals surface area contributed by atoms with Crippen molar-refractivity contribution >= 4 is 11.9 Å². The Bertz CT molecular complexity index is 863. The molecule has 9 heteroatoms. The molecule has 2 unspecified atom stereocenters. The predicted molar refractivity (Wildman–Crippen MR) is 112 cm³/mol. The lowest BCUT2D eigenvalue weighted by Crippen LogP contribution is -2.45. The van der Waals surface area contributed by atoms with Crippen LogP contribution in [0.1, 0.15) is 23.7 Å². The third-order valence-electron chi connectivity index (χ3n) is 5.82. The highest BCUT2D eigenvalue weighted by Gasteiger charge is 2.40. The van der Waals surface area contributed by atoms with Gasteiger partial charge in [-0.15, -0.1) is 0 Å². The Kier molecular flexibility index (Phi) is 7.89. The number of likely N-dealkylation sites (tertiary alicyclic amines) is 2. The standard InChI is InChI=1S/C21H24F2N2O.C2H2O4/c1-24-13-20-12-19(24)14-25(20)10-11-26-21(15-2-6-17(22)7-3-15)16-4-8-18(23)9-5-16;3-1(4)2(5)6/h2-9,19-21H,10-14H2,1H3;(H,3,4)(H,5,6). The van der Waals surface area contributed by atoms with Gasteiger partial charge in [-0.25, -0.2) is 18.4 Å². The summed E-state index contributed by atoms with van der Waals surface area (Å²) in [7, 11) is 2.19. The van der Waals surface area contributed by atoms with Crippen LogP contribution in [-0.2, 0) is 14.3 Å². The van der Waals surface area contributed by atoms with Gasteiger partial charge in [0.05, 0.1) is 6.61 Å². The summed E-state index contributed by atoms with van der Waals surface area (Å²) < 4.78 is 32.7. The summed E-state index contributed by atoms with van der Waals surface area (Å²) in [6, 6.07) is 14.0. The molecule has 0 spiro atoms. The van der Waals surface area contributed by atoms with Gasteiger partial charge in [-0.05, 0) is 48.9 Å². The maximum Gasteiger partial charge on any atom is 0.414 e. The van der Waals surface area contributed by atoms with E-state index in [2.05, 4.69) is 16.8 Å². The van der Waals surface area contributed by atoms with Gasteiger partial charge in [-0.2, -0.15) is 0 Å². The molecule has 0 aliphatic carbocycles. The van der Waals surface area contributed by atoms with Crippen LogP contribution < -0.4 is 0 Å². The normalized spacial score (nSPS) is 20.2. The first-order chi connectivity index (χ1) is 15.2. The third kappa shape index (κ3) is 6.09. The molecule has 0 amide bonds. The lowest BCUT2D eigenvalue weighted by atomic mass is 10.0. The fourth-order valence-electron chi connectivity index (χ4n) is 4.17. The zero-order valence-electron chi connectivity index (χ0n) is 17.7. The summed E-state index contributed by atoms with van der Waals surface area (Å²) in [4.78, 5) is 23.1. The molecule has 2 aromatic carbocycles. The second-order valence-electron chi connectivity index (χ2n) is 7.94. The Morgan fingerprint density at radius 1 is 0.938 bits per heavy atom. The second kappa shape index (κ2) is 10.6. The van der Waals surface area contributed by atoms with Crippen molar-refractivity contribution in [3.8, 4) is 0 Å². The van der Waals surface area contributed by atoms with Crippen LogP contribution in [0, 0.1) is 11.6 Å². The lowest BCUT2D eigenvalue weighted by molar-refractivity contribution is -0.159. The molecule has 0 aromatic heterocycles. The number of carboxylic acid groups (broad SMARTS) is 2. The molecular weight excluding hydrogens is 422 g/mol. The lowest BCUT2D eigenvalue weighted by Gasteiger charge is -2.32. The average Bonchev–Trinajstić information content (AvgIpc) is 3.32. The number of likely N-dealkylation sites (N-methyl/N-ethyl adjacent to an activating group) is 1. The molecule has 0 saturated carbocycles. The van der Waals surface area contributed by atoms with Crippen molar-refractivity contribution in [2.24, 2.45) is 0 Å². The number of fused-ring (bicyclic) bond motifs is 2. The first kappa shape index (κ1) is 23.8. The molecule has 4 rings (SSSR count). The maximum absolute atomic E-state index is 13.3. The van der Waals surface area contributed by atoms with Crippen LogP contribution in [0.3, 0.4) is 0 Å². The summed E-state index contributed by atoms with van der Waals surface area (Å²) in [5, 5.41) is 14.8. The summed E-state index contributed by atoms with van der Waals surface area (Å²) in [6.07, 6.45) is 0.925. The van der Waals surface area contributed by atoms with Gasteiger partial charge in [0.1, 0.15) is 17.7 Å². The van der Waals surface area contributed by atoms with Crippen molar-refractivity contribution in [2.45, 2.75) is 24.6 Å². The molecule has 7 nitrogen and oxygen atoms in total. The van der Waals surface area contributed by atoms with Gasteiger partial charge in [0.15, 0.2) is 0 Å². The fraction of sp³-hybridized carbons (Fsp3) is 0.391. The zero-order chi connectivity index (χ0) is 23.3. The zero-order valence-corrected chi connectivity index (χ0v) is 17.7. The number of hydrogen-bond acceptors (Lipinski definition) is 5. The highest BCUT2D eigenvalue weighted by Crippen LogP contribution is 2.30. The molecule has 172 valence electrons. The molecule has 2 heterocycles. The van der Waals surface area contributed by atoms with Gasteiger partial charge >= 0.3 is 11.9 Å². The number of halogens is 2. The van der Waals surface area contributed by atoms with Gasteiger partial charge in [-0.1, -0.05) is 24.3 Å². The number of hydrogen-bond donors (Lipinski definition) is 2. The van der Waals surface area contributed by atoms with Crippen LogP contribution in [-0.4, -0.2) is 77.3 Å². The average molecular weight is 448 g/mol. The molecule has 2 bridgehead atoms. The SMILES string of the molecule is CN1CC2CC1CN2CCOC(c1ccc(F)cc1)c1ccc(F)cc1.O=C(O)C(=O)O. The van der Waals surface area contributed by atoms with Crippen molar-refractivity contribution < 1.29 is 33.3 Å². The van der Waals surface area contributed by atoms with E-state index in [1.165, 1.54) is 30.7 Å². The largest absolute Gasteiger partial charge is 0.473 e. The first-order valence-electron chi connectivity index (χ1n) is 10.3. The van der Waals surface area contributed by atoms with E-state index < -0.39 is 11.9 Å². The Morgan fingerprint density at radius 2 is 1.44 bits per heavy atom. The minimum Gasteiger partial charge on any atom is -0.473 e. The number of aliphatic carboxylic acids is 2. The van der Waals surface area contributed by atoms with E-state index in [4.69, 9.17) is 24.5 Å². The van der Waals surface area contributed by atoms with Gasteiger partial charge in [0.2, 0.25) is 0 Å². The minimum atomic E-state index is -1.82. The van der Waals surface area contributed by atoms with Crippen molar-refractivity contribution in [3.63, 3.8) is 0 Å². The number of nitrogens with zero attached hydrogens (tertiary/aromatic N) is 2. The smallest absolute Gasteiger partial charge is 0.414 e.